The molecule has 0 spiro atoms. The van der Waals surface area contributed by atoms with Crippen LogP contribution in [0.3, 0.4) is 0 Å². The van der Waals surface area contributed by atoms with Gasteiger partial charge in [-0.2, -0.15) is 0 Å². The third-order valence-corrected chi connectivity index (χ3v) is 2.68. The molecule has 0 saturated heterocycles. The van der Waals surface area contributed by atoms with Gasteiger partial charge in [-0.3, -0.25) is 4.79 Å². The molecule has 104 valence electrons. The number of carbonyl (C=O) groups is 1. The van der Waals surface area contributed by atoms with Crippen molar-refractivity contribution in [3.05, 3.63) is 34.6 Å². The summed E-state index contributed by atoms with van der Waals surface area (Å²) in [6.07, 6.45) is 1.75. The Morgan fingerprint density at radius 2 is 2.21 bits per heavy atom. The third-order valence-electron chi connectivity index (χ3n) is 2.45. The zero-order valence-corrected chi connectivity index (χ0v) is 11.0. The molecule has 1 rings (SSSR count). The smallest absolute Gasteiger partial charge is 0.254 e. The minimum absolute atomic E-state index is 0.0797. The standard InChI is InChI=1S/C12H15ClFN3O2/c13-8-4-5-10(14)9(7-8)12(18)16-6-2-1-3-11(15)17-19/h4-5,7,19H,1-3,6H2,(H2,15,17)(H,16,18). The maximum atomic E-state index is 13.4. The largest absolute Gasteiger partial charge is 0.409 e. The van der Waals surface area contributed by atoms with E-state index in [1.165, 1.54) is 12.1 Å². The molecule has 0 saturated carbocycles. The van der Waals surface area contributed by atoms with E-state index in [2.05, 4.69) is 10.5 Å². The molecule has 0 fully saturated rings. The van der Waals surface area contributed by atoms with Gasteiger partial charge < -0.3 is 16.3 Å². The summed E-state index contributed by atoms with van der Waals surface area (Å²) >= 11 is 5.70. The van der Waals surface area contributed by atoms with E-state index in [1.807, 2.05) is 0 Å². The van der Waals surface area contributed by atoms with Crippen molar-refractivity contribution >= 4 is 23.3 Å². The van der Waals surface area contributed by atoms with Crippen molar-refractivity contribution in [1.29, 1.82) is 0 Å². The van der Waals surface area contributed by atoms with Crippen LogP contribution in [0.4, 0.5) is 4.39 Å². The second-order valence-electron chi connectivity index (χ2n) is 3.93. The lowest BCUT2D eigenvalue weighted by molar-refractivity contribution is 0.0949. The van der Waals surface area contributed by atoms with Gasteiger partial charge in [-0.05, 0) is 31.0 Å². The van der Waals surface area contributed by atoms with Crippen molar-refractivity contribution in [3.63, 3.8) is 0 Å². The van der Waals surface area contributed by atoms with Crippen molar-refractivity contribution in [2.75, 3.05) is 6.54 Å². The van der Waals surface area contributed by atoms with Crippen LogP contribution >= 0.6 is 11.6 Å². The first-order chi connectivity index (χ1) is 9.04. The second-order valence-corrected chi connectivity index (χ2v) is 4.36. The van der Waals surface area contributed by atoms with E-state index in [4.69, 9.17) is 22.5 Å². The molecular formula is C12H15ClFN3O2. The summed E-state index contributed by atoms with van der Waals surface area (Å²) in [5.74, 6) is -0.977. The van der Waals surface area contributed by atoms with E-state index >= 15 is 0 Å². The number of unbranched alkanes of at least 4 members (excludes halogenated alkanes) is 1. The number of amides is 1. The lowest BCUT2D eigenvalue weighted by Gasteiger charge is -2.06. The van der Waals surface area contributed by atoms with Crippen LogP contribution in [-0.4, -0.2) is 23.5 Å². The SMILES string of the molecule is NC(CCCCNC(=O)c1cc(Cl)ccc1F)=NO. The van der Waals surface area contributed by atoms with Crippen LogP contribution in [0.5, 0.6) is 0 Å². The minimum Gasteiger partial charge on any atom is -0.409 e. The minimum atomic E-state index is -0.612. The Bertz CT molecular complexity index is 480. The van der Waals surface area contributed by atoms with E-state index in [1.54, 1.807) is 0 Å². The van der Waals surface area contributed by atoms with Crippen molar-refractivity contribution < 1.29 is 14.4 Å². The Morgan fingerprint density at radius 1 is 1.47 bits per heavy atom. The third kappa shape index (κ3) is 5.13. The van der Waals surface area contributed by atoms with Gasteiger partial charge in [0.2, 0.25) is 0 Å². The van der Waals surface area contributed by atoms with Gasteiger partial charge in [-0.1, -0.05) is 16.8 Å². The van der Waals surface area contributed by atoms with Crippen molar-refractivity contribution in [2.24, 2.45) is 10.9 Å². The molecule has 0 aliphatic rings. The number of nitrogens with one attached hydrogen (secondary N) is 1. The van der Waals surface area contributed by atoms with Gasteiger partial charge in [-0.25, -0.2) is 4.39 Å². The van der Waals surface area contributed by atoms with E-state index in [0.29, 0.717) is 30.8 Å². The molecule has 7 heteroatoms. The van der Waals surface area contributed by atoms with E-state index in [-0.39, 0.29) is 11.4 Å². The summed E-state index contributed by atoms with van der Waals surface area (Å²) in [7, 11) is 0. The van der Waals surface area contributed by atoms with Crippen LogP contribution in [0.15, 0.2) is 23.4 Å². The first-order valence-electron chi connectivity index (χ1n) is 5.74. The zero-order chi connectivity index (χ0) is 14.3. The van der Waals surface area contributed by atoms with Crippen molar-refractivity contribution in [2.45, 2.75) is 19.3 Å². The molecule has 0 heterocycles. The molecule has 1 aromatic rings. The number of halogens is 2. The maximum absolute atomic E-state index is 13.4. The lowest BCUT2D eigenvalue weighted by atomic mass is 10.2. The molecule has 0 aliphatic carbocycles. The van der Waals surface area contributed by atoms with Crippen molar-refractivity contribution in [3.8, 4) is 0 Å². The Morgan fingerprint density at radius 3 is 2.89 bits per heavy atom. The summed E-state index contributed by atoms with van der Waals surface area (Å²) in [4.78, 5) is 11.7. The first kappa shape index (κ1) is 15.2. The molecule has 1 amide bonds. The highest BCUT2D eigenvalue weighted by molar-refractivity contribution is 6.30. The second kappa shape index (κ2) is 7.58. The average molecular weight is 288 g/mol. The van der Waals surface area contributed by atoms with Gasteiger partial charge in [-0.15, -0.1) is 0 Å². The van der Waals surface area contributed by atoms with Crippen LogP contribution in [0, 0.1) is 5.82 Å². The molecule has 0 radical (unpaired) electrons. The molecule has 5 nitrogen and oxygen atoms in total. The first-order valence-corrected chi connectivity index (χ1v) is 6.12. The summed E-state index contributed by atoms with van der Waals surface area (Å²) in [5.41, 5.74) is 5.21. The molecule has 0 atom stereocenters. The average Bonchev–Trinajstić information content (AvgIpc) is 2.40. The van der Waals surface area contributed by atoms with E-state index in [0.717, 1.165) is 6.07 Å². The number of hydrogen-bond donors (Lipinski definition) is 3. The number of rotatable bonds is 6. The Kier molecular flexibility index (Phi) is 6.08. The molecule has 4 N–H and O–H groups in total. The Hall–Kier alpha value is -1.82. The maximum Gasteiger partial charge on any atom is 0.254 e. The topological polar surface area (TPSA) is 87.7 Å². The van der Waals surface area contributed by atoms with Crippen LogP contribution < -0.4 is 11.1 Å². The lowest BCUT2D eigenvalue weighted by Crippen LogP contribution is -2.25. The number of hydrogen-bond acceptors (Lipinski definition) is 3. The number of nitrogens with two attached hydrogens (primary N) is 1. The predicted octanol–water partition coefficient (Wildman–Crippen LogP) is 2.13. The molecule has 0 aromatic heterocycles. The molecule has 1 aromatic carbocycles. The Balaban J connectivity index is 2.37. The van der Waals surface area contributed by atoms with Gasteiger partial charge >= 0.3 is 0 Å². The van der Waals surface area contributed by atoms with Crippen LogP contribution in [0.2, 0.25) is 5.02 Å². The summed E-state index contributed by atoms with van der Waals surface area (Å²) in [5, 5.41) is 14.0. The molecule has 0 aliphatic heterocycles. The van der Waals surface area contributed by atoms with Gasteiger partial charge in [0.15, 0.2) is 0 Å². The number of benzene rings is 1. The fourth-order valence-electron chi connectivity index (χ4n) is 1.45. The fraction of sp³-hybridized carbons (Fsp3) is 0.333. The fourth-order valence-corrected chi connectivity index (χ4v) is 1.62. The number of carbonyl (C=O) groups excluding carboxylic acids is 1. The molecule has 19 heavy (non-hydrogen) atoms. The van der Waals surface area contributed by atoms with Gasteiger partial charge in [0.25, 0.3) is 5.91 Å². The monoisotopic (exact) mass is 287 g/mol. The number of oxime groups is 1. The molecular weight excluding hydrogens is 273 g/mol. The van der Waals surface area contributed by atoms with Gasteiger partial charge in [0.05, 0.1) is 5.56 Å². The highest BCUT2D eigenvalue weighted by Gasteiger charge is 2.11. The highest BCUT2D eigenvalue weighted by Crippen LogP contribution is 2.14. The van der Waals surface area contributed by atoms with Crippen LogP contribution in [0.1, 0.15) is 29.6 Å². The quantitative estimate of drug-likeness (QED) is 0.246. The number of amidine groups is 1. The number of nitrogens with zero attached hydrogens (tertiary/aromatic N) is 1. The normalized spacial score (nSPS) is 11.4. The molecule has 0 unspecified atom stereocenters. The van der Waals surface area contributed by atoms with E-state index < -0.39 is 11.7 Å². The predicted molar refractivity (Wildman–Crippen MR) is 71.0 cm³/mol. The molecule has 0 bridgehead atoms. The van der Waals surface area contributed by atoms with Gasteiger partial charge in [0.1, 0.15) is 11.7 Å². The van der Waals surface area contributed by atoms with E-state index in [9.17, 15) is 9.18 Å². The van der Waals surface area contributed by atoms with Crippen molar-refractivity contribution in [1.82, 2.24) is 5.32 Å². The zero-order valence-electron chi connectivity index (χ0n) is 10.2. The van der Waals surface area contributed by atoms with Crippen LogP contribution in [-0.2, 0) is 0 Å². The summed E-state index contributed by atoms with van der Waals surface area (Å²) in [6.45, 7) is 0.378. The summed E-state index contributed by atoms with van der Waals surface area (Å²) in [6, 6.07) is 3.81. The summed E-state index contributed by atoms with van der Waals surface area (Å²) < 4.78 is 13.4. The van der Waals surface area contributed by atoms with Gasteiger partial charge in [0, 0.05) is 18.0 Å². The van der Waals surface area contributed by atoms with Crippen LogP contribution in [0.25, 0.3) is 0 Å². The Labute approximate surface area is 115 Å². The highest BCUT2D eigenvalue weighted by atomic mass is 35.5.